The van der Waals surface area contributed by atoms with Gasteiger partial charge in [0.1, 0.15) is 0 Å². The van der Waals surface area contributed by atoms with Gasteiger partial charge in [-0.05, 0) is 38.9 Å². The van der Waals surface area contributed by atoms with Gasteiger partial charge >= 0.3 is 0 Å². The van der Waals surface area contributed by atoms with E-state index in [1.165, 1.54) is 0 Å². The van der Waals surface area contributed by atoms with E-state index in [1.807, 2.05) is 11.9 Å². The highest BCUT2D eigenvalue weighted by Gasteiger charge is 2.31. The van der Waals surface area contributed by atoms with E-state index in [0.717, 1.165) is 25.9 Å². The molecule has 1 fully saturated rings. The molecule has 5 heteroatoms. The highest BCUT2D eigenvalue weighted by molar-refractivity contribution is 6.39. The fourth-order valence-corrected chi connectivity index (χ4v) is 2.87. The van der Waals surface area contributed by atoms with E-state index in [-0.39, 0.29) is 11.4 Å². The number of rotatable bonds is 2. The van der Waals surface area contributed by atoms with E-state index in [2.05, 4.69) is 12.2 Å². The van der Waals surface area contributed by atoms with Crippen LogP contribution in [0, 0.1) is 0 Å². The average molecular weight is 301 g/mol. The number of amides is 1. The Bertz CT molecular complexity index is 462. The molecule has 0 unspecified atom stereocenters. The van der Waals surface area contributed by atoms with Gasteiger partial charge in [-0.2, -0.15) is 0 Å². The number of likely N-dealkylation sites (tertiary alicyclic amines) is 1. The molecule has 1 aromatic carbocycles. The summed E-state index contributed by atoms with van der Waals surface area (Å²) in [6, 6.07) is 5.14. The van der Waals surface area contributed by atoms with Crippen LogP contribution in [0.4, 0.5) is 0 Å². The number of hydrogen-bond donors (Lipinski definition) is 1. The molecule has 0 saturated carbocycles. The molecule has 0 aliphatic carbocycles. The van der Waals surface area contributed by atoms with Crippen LogP contribution < -0.4 is 5.32 Å². The number of benzene rings is 1. The van der Waals surface area contributed by atoms with E-state index in [9.17, 15) is 4.79 Å². The zero-order chi connectivity index (χ0) is 14.0. The Labute approximate surface area is 123 Å². The van der Waals surface area contributed by atoms with Crippen LogP contribution in [0.2, 0.25) is 10.0 Å². The molecule has 2 rings (SSSR count). The second-order valence-electron chi connectivity index (χ2n) is 5.20. The van der Waals surface area contributed by atoms with Gasteiger partial charge in [0.25, 0.3) is 5.91 Å². The highest BCUT2D eigenvalue weighted by Crippen LogP contribution is 2.28. The zero-order valence-corrected chi connectivity index (χ0v) is 12.7. The third kappa shape index (κ3) is 3.04. The fourth-order valence-electron chi connectivity index (χ4n) is 2.31. The Balaban J connectivity index is 2.14. The van der Waals surface area contributed by atoms with Crippen molar-refractivity contribution >= 4 is 29.1 Å². The van der Waals surface area contributed by atoms with E-state index in [1.54, 1.807) is 18.2 Å². The molecule has 1 saturated heterocycles. The summed E-state index contributed by atoms with van der Waals surface area (Å²) in [4.78, 5) is 14.3. The van der Waals surface area contributed by atoms with Gasteiger partial charge in [-0.3, -0.25) is 4.79 Å². The van der Waals surface area contributed by atoms with Gasteiger partial charge in [0.15, 0.2) is 0 Å². The molecule has 0 bridgehead atoms. The van der Waals surface area contributed by atoms with Gasteiger partial charge < -0.3 is 10.2 Å². The predicted octanol–water partition coefficient (Wildman–Crippen LogP) is 3.21. The van der Waals surface area contributed by atoms with Crippen LogP contribution in [0.1, 0.15) is 30.1 Å². The number of carbonyl (C=O) groups is 1. The van der Waals surface area contributed by atoms with Gasteiger partial charge in [-0.15, -0.1) is 0 Å². The number of carbonyl (C=O) groups excluding carboxylic acids is 1. The first-order valence-electron chi connectivity index (χ1n) is 6.39. The summed E-state index contributed by atoms with van der Waals surface area (Å²) >= 11 is 12.2. The van der Waals surface area contributed by atoms with Crippen LogP contribution in [0.15, 0.2) is 18.2 Å². The highest BCUT2D eigenvalue weighted by atomic mass is 35.5. The smallest absolute Gasteiger partial charge is 0.256 e. The van der Waals surface area contributed by atoms with Crippen molar-refractivity contribution in [2.45, 2.75) is 25.3 Å². The summed E-state index contributed by atoms with van der Waals surface area (Å²) in [7, 11) is 1.96. The third-order valence-corrected chi connectivity index (χ3v) is 4.56. The van der Waals surface area contributed by atoms with E-state index >= 15 is 0 Å². The van der Waals surface area contributed by atoms with Crippen molar-refractivity contribution in [3.63, 3.8) is 0 Å². The van der Waals surface area contributed by atoms with Gasteiger partial charge in [0.2, 0.25) is 0 Å². The number of halogens is 2. The number of hydrogen-bond acceptors (Lipinski definition) is 2. The van der Waals surface area contributed by atoms with Crippen molar-refractivity contribution in [1.82, 2.24) is 10.2 Å². The molecular formula is C14H18Cl2N2O. The maximum atomic E-state index is 12.5. The minimum absolute atomic E-state index is 0.0752. The van der Waals surface area contributed by atoms with Gasteiger partial charge in [-0.25, -0.2) is 0 Å². The lowest BCUT2D eigenvalue weighted by Gasteiger charge is -2.39. The van der Waals surface area contributed by atoms with Gasteiger partial charge in [0, 0.05) is 18.6 Å². The molecule has 104 valence electrons. The fraction of sp³-hybridized carbons (Fsp3) is 0.500. The van der Waals surface area contributed by atoms with Crippen molar-refractivity contribution in [3.8, 4) is 0 Å². The Morgan fingerprint density at radius 3 is 2.26 bits per heavy atom. The molecule has 1 aromatic rings. The molecule has 0 aromatic heterocycles. The Kier molecular flexibility index (Phi) is 4.39. The molecule has 1 amide bonds. The van der Waals surface area contributed by atoms with Crippen molar-refractivity contribution in [2.75, 3.05) is 20.1 Å². The Hall–Kier alpha value is -0.770. The predicted molar refractivity (Wildman–Crippen MR) is 79.1 cm³/mol. The molecule has 1 heterocycles. The van der Waals surface area contributed by atoms with E-state index in [0.29, 0.717) is 15.6 Å². The molecule has 3 nitrogen and oxygen atoms in total. The lowest BCUT2D eigenvalue weighted by molar-refractivity contribution is 0.0662. The summed E-state index contributed by atoms with van der Waals surface area (Å²) in [6.45, 7) is 3.62. The molecule has 19 heavy (non-hydrogen) atoms. The largest absolute Gasteiger partial charge is 0.338 e. The number of piperidine rings is 1. The molecule has 1 aliphatic rings. The summed E-state index contributed by atoms with van der Waals surface area (Å²) < 4.78 is 0. The maximum Gasteiger partial charge on any atom is 0.256 e. The molecule has 0 radical (unpaired) electrons. The normalized spacial score (nSPS) is 18.4. The van der Waals surface area contributed by atoms with Gasteiger partial charge in [-0.1, -0.05) is 29.3 Å². The van der Waals surface area contributed by atoms with Crippen LogP contribution in [0.25, 0.3) is 0 Å². The summed E-state index contributed by atoms with van der Waals surface area (Å²) in [5.41, 5.74) is 0.528. The van der Waals surface area contributed by atoms with Crippen LogP contribution >= 0.6 is 23.2 Å². The first kappa shape index (κ1) is 14.6. The second-order valence-corrected chi connectivity index (χ2v) is 6.01. The number of nitrogens with one attached hydrogen (secondary N) is 1. The van der Waals surface area contributed by atoms with Crippen LogP contribution in [-0.2, 0) is 0 Å². The van der Waals surface area contributed by atoms with Crippen molar-refractivity contribution < 1.29 is 4.79 Å². The first-order chi connectivity index (χ1) is 8.97. The standard InChI is InChI=1S/C14H18Cl2N2O/c1-14(17-2)6-8-18(9-7-14)13(19)12-10(15)4-3-5-11(12)16/h3-5,17H,6-9H2,1-2H3. The number of nitrogens with zero attached hydrogens (tertiary/aromatic N) is 1. The Morgan fingerprint density at radius 2 is 1.79 bits per heavy atom. The SMILES string of the molecule is CNC1(C)CCN(C(=O)c2c(Cl)cccc2Cl)CC1. The van der Waals surface area contributed by atoms with Crippen molar-refractivity contribution in [1.29, 1.82) is 0 Å². The summed E-state index contributed by atoms with van der Waals surface area (Å²) in [6.07, 6.45) is 1.86. The van der Waals surface area contributed by atoms with Crippen LogP contribution in [0.3, 0.4) is 0 Å². The summed E-state index contributed by atoms with van der Waals surface area (Å²) in [5.74, 6) is -0.0752. The lowest BCUT2D eigenvalue weighted by atomic mass is 9.89. The van der Waals surface area contributed by atoms with E-state index in [4.69, 9.17) is 23.2 Å². The molecule has 1 N–H and O–H groups in total. The van der Waals surface area contributed by atoms with Crippen LogP contribution in [-0.4, -0.2) is 36.5 Å². The van der Waals surface area contributed by atoms with Crippen molar-refractivity contribution in [2.24, 2.45) is 0 Å². The topological polar surface area (TPSA) is 32.3 Å². The first-order valence-corrected chi connectivity index (χ1v) is 7.15. The second kappa shape index (κ2) is 5.70. The molecule has 0 atom stereocenters. The Morgan fingerprint density at radius 1 is 1.26 bits per heavy atom. The zero-order valence-electron chi connectivity index (χ0n) is 11.2. The average Bonchev–Trinajstić information content (AvgIpc) is 2.39. The lowest BCUT2D eigenvalue weighted by Crippen LogP contribution is -2.51. The van der Waals surface area contributed by atoms with Gasteiger partial charge in [0.05, 0.1) is 15.6 Å². The minimum Gasteiger partial charge on any atom is -0.338 e. The molecule has 1 aliphatic heterocycles. The molecule has 0 spiro atoms. The quantitative estimate of drug-likeness (QED) is 0.909. The third-order valence-electron chi connectivity index (χ3n) is 3.93. The molecular weight excluding hydrogens is 283 g/mol. The monoisotopic (exact) mass is 300 g/mol. The minimum atomic E-state index is -0.0752. The maximum absolute atomic E-state index is 12.5. The van der Waals surface area contributed by atoms with Crippen LogP contribution in [0.5, 0.6) is 0 Å². The van der Waals surface area contributed by atoms with Crippen molar-refractivity contribution in [3.05, 3.63) is 33.8 Å². The summed E-state index contributed by atoms with van der Waals surface area (Å²) in [5, 5.41) is 4.14. The van der Waals surface area contributed by atoms with E-state index < -0.39 is 0 Å².